The van der Waals surface area contributed by atoms with Gasteiger partial charge in [-0.2, -0.15) is 0 Å². The van der Waals surface area contributed by atoms with E-state index >= 15 is 0 Å². The third-order valence-corrected chi connectivity index (χ3v) is 5.14. The SMILES string of the molecule is C=CCNC(=O)CN1C(=O)C2(CCCCC2)C1c1ccccc1. The molecule has 2 amide bonds. The Morgan fingerprint density at radius 1 is 1.26 bits per heavy atom. The number of hydrogen-bond acceptors (Lipinski definition) is 2. The van der Waals surface area contributed by atoms with Crippen LogP contribution in [0.2, 0.25) is 0 Å². The van der Waals surface area contributed by atoms with Crippen LogP contribution in [0.25, 0.3) is 0 Å². The number of carbonyl (C=O) groups is 2. The molecule has 1 atom stereocenters. The molecule has 1 aromatic carbocycles. The molecule has 1 N–H and O–H groups in total. The Hall–Kier alpha value is -2.10. The first kappa shape index (κ1) is 15.8. The summed E-state index contributed by atoms with van der Waals surface area (Å²) in [5.74, 6) is 0.0321. The zero-order chi connectivity index (χ0) is 16.3. The number of benzene rings is 1. The molecule has 2 fully saturated rings. The van der Waals surface area contributed by atoms with Crippen LogP contribution in [0.4, 0.5) is 0 Å². The average molecular weight is 312 g/mol. The van der Waals surface area contributed by atoms with Crippen LogP contribution in [-0.2, 0) is 9.59 Å². The van der Waals surface area contributed by atoms with Crippen molar-refractivity contribution in [3.05, 3.63) is 48.6 Å². The van der Waals surface area contributed by atoms with Crippen molar-refractivity contribution in [1.82, 2.24) is 10.2 Å². The third kappa shape index (κ3) is 2.78. The van der Waals surface area contributed by atoms with Crippen molar-refractivity contribution in [1.29, 1.82) is 0 Å². The Kier molecular flexibility index (Phi) is 4.51. The number of β-lactam (4-membered cyclic amide) rings is 1. The minimum Gasteiger partial charge on any atom is -0.351 e. The molecule has 1 saturated carbocycles. The highest BCUT2D eigenvalue weighted by atomic mass is 16.2. The van der Waals surface area contributed by atoms with E-state index in [0.717, 1.165) is 31.2 Å². The molecular weight excluding hydrogens is 288 g/mol. The van der Waals surface area contributed by atoms with E-state index in [1.165, 1.54) is 6.42 Å². The fourth-order valence-corrected chi connectivity index (χ4v) is 4.12. The maximum atomic E-state index is 12.9. The van der Waals surface area contributed by atoms with E-state index in [9.17, 15) is 9.59 Å². The van der Waals surface area contributed by atoms with Crippen molar-refractivity contribution in [3.8, 4) is 0 Å². The summed E-state index contributed by atoms with van der Waals surface area (Å²) in [5, 5.41) is 2.76. The molecule has 1 aromatic rings. The molecule has 1 aliphatic heterocycles. The van der Waals surface area contributed by atoms with Gasteiger partial charge in [-0.25, -0.2) is 0 Å². The lowest BCUT2D eigenvalue weighted by Crippen LogP contribution is -2.65. The van der Waals surface area contributed by atoms with Crippen molar-refractivity contribution >= 4 is 11.8 Å². The molecule has 1 spiro atoms. The van der Waals surface area contributed by atoms with Gasteiger partial charge in [0.15, 0.2) is 0 Å². The molecule has 4 nitrogen and oxygen atoms in total. The standard InChI is InChI=1S/C19H24N2O2/c1-2-13-20-16(22)14-21-17(15-9-5-3-6-10-15)19(18(21)23)11-7-4-8-12-19/h2-3,5-6,9-10,17H,1,4,7-8,11-14H2,(H,20,22). The maximum absolute atomic E-state index is 12.9. The van der Waals surface area contributed by atoms with Crippen LogP contribution in [0.5, 0.6) is 0 Å². The largest absolute Gasteiger partial charge is 0.351 e. The van der Waals surface area contributed by atoms with Gasteiger partial charge in [-0.05, 0) is 18.4 Å². The van der Waals surface area contributed by atoms with Gasteiger partial charge in [0.05, 0.1) is 11.5 Å². The van der Waals surface area contributed by atoms with Gasteiger partial charge in [0.25, 0.3) is 0 Å². The van der Waals surface area contributed by atoms with Gasteiger partial charge in [-0.15, -0.1) is 6.58 Å². The monoisotopic (exact) mass is 312 g/mol. The minimum atomic E-state index is -0.279. The van der Waals surface area contributed by atoms with E-state index in [1.807, 2.05) is 18.2 Å². The lowest BCUT2D eigenvalue weighted by Gasteiger charge is -2.58. The number of nitrogens with one attached hydrogen (secondary N) is 1. The normalized spacial score (nSPS) is 22.5. The summed E-state index contributed by atoms with van der Waals surface area (Å²) in [6.45, 7) is 4.16. The number of likely N-dealkylation sites (tertiary alicyclic amines) is 1. The van der Waals surface area contributed by atoms with Gasteiger partial charge < -0.3 is 10.2 Å². The molecule has 1 aliphatic carbocycles. The number of nitrogens with zero attached hydrogens (tertiary/aromatic N) is 1. The molecule has 0 radical (unpaired) electrons. The first-order valence-electron chi connectivity index (χ1n) is 8.43. The summed E-state index contributed by atoms with van der Waals surface area (Å²) < 4.78 is 0. The van der Waals surface area contributed by atoms with Gasteiger partial charge in [0.1, 0.15) is 6.54 Å². The number of amides is 2. The summed E-state index contributed by atoms with van der Waals surface area (Å²) >= 11 is 0. The molecule has 3 rings (SSSR count). The van der Waals surface area contributed by atoms with Crippen LogP contribution in [0, 0.1) is 5.41 Å². The van der Waals surface area contributed by atoms with Crippen molar-refractivity contribution < 1.29 is 9.59 Å². The van der Waals surface area contributed by atoms with Crippen molar-refractivity contribution in [2.75, 3.05) is 13.1 Å². The minimum absolute atomic E-state index is 0.0333. The van der Waals surface area contributed by atoms with Crippen LogP contribution in [0.1, 0.15) is 43.7 Å². The second kappa shape index (κ2) is 6.57. The van der Waals surface area contributed by atoms with Crippen LogP contribution < -0.4 is 5.32 Å². The van der Waals surface area contributed by atoms with E-state index in [0.29, 0.717) is 6.54 Å². The first-order valence-corrected chi connectivity index (χ1v) is 8.43. The molecule has 2 aliphatic rings. The quantitative estimate of drug-likeness (QED) is 0.671. The topological polar surface area (TPSA) is 49.4 Å². The summed E-state index contributed by atoms with van der Waals surface area (Å²) in [7, 11) is 0. The van der Waals surface area contributed by atoms with Gasteiger partial charge in [-0.1, -0.05) is 55.7 Å². The summed E-state index contributed by atoms with van der Waals surface area (Å²) in [4.78, 5) is 26.7. The highest BCUT2D eigenvalue weighted by molar-refractivity contribution is 5.94. The van der Waals surface area contributed by atoms with Crippen LogP contribution in [0.15, 0.2) is 43.0 Å². The zero-order valence-corrected chi connectivity index (χ0v) is 13.5. The molecule has 1 heterocycles. The fourth-order valence-electron chi connectivity index (χ4n) is 4.12. The zero-order valence-electron chi connectivity index (χ0n) is 13.5. The predicted octanol–water partition coefficient (Wildman–Crippen LogP) is 2.82. The van der Waals surface area contributed by atoms with Gasteiger partial charge in [0.2, 0.25) is 11.8 Å². The molecule has 4 heteroatoms. The third-order valence-electron chi connectivity index (χ3n) is 5.14. The number of carbonyl (C=O) groups excluding carboxylic acids is 2. The number of hydrogen-bond donors (Lipinski definition) is 1. The molecule has 122 valence electrons. The molecule has 0 bridgehead atoms. The Balaban J connectivity index is 1.82. The van der Waals surface area contributed by atoms with Crippen LogP contribution >= 0.6 is 0 Å². The fraction of sp³-hybridized carbons (Fsp3) is 0.474. The van der Waals surface area contributed by atoms with Crippen LogP contribution in [0.3, 0.4) is 0 Å². The van der Waals surface area contributed by atoms with Crippen molar-refractivity contribution in [2.24, 2.45) is 5.41 Å². The molecule has 23 heavy (non-hydrogen) atoms. The smallest absolute Gasteiger partial charge is 0.239 e. The maximum Gasteiger partial charge on any atom is 0.239 e. The Morgan fingerprint density at radius 2 is 1.96 bits per heavy atom. The van der Waals surface area contributed by atoms with Gasteiger partial charge >= 0.3 is 0 Å². The lowest BCUT2D eigenvalue weighted by molar-refractivity contribution is -0.179. The number of rotatable bonds is 5. The molecule has 1 saturated heterocycles. The van der Waals surface area contributed by atoms with Crippen molar-refractivity contribution in [2.45, 2.75) is 38.1 Å². The first-order chi connectivity index (χ1) is 11.2. The van der Waals surface area contributed by atoms with E-state index in [1.54, 1.807) is 11.0 Å². The molecular formula is C19H24N2O2. The van der Waals surface area contributed by atoms with E-state index in [-0.39, 0.29) is 29.8 Å². The summed E-state index contributed by atoms with van der Waals surface area (Å²) in [5.41, 5.74) is 0.865. The Labute approximate surface area is 137 Å². The summed E-state index contributed by atoms with van der Waals surface area (Å²) in [6.07, 6.45) is 6.94. The van der Waals surface area contributed by atoms with E-state index in [4.69, 9.17) is 0 Å². The van der Waals surface area contributed by atoms with Gasteiger partial charge in [-0.3, -0.25) is 9.59 Å². The van der Waals surface area contributed by atoms with Crippen molar-refractivity contribution in [3.63, 3.8) is 0 Å². The van der Waals surface area contributed by atoms with Gasteiger partial charge in [0, 0.05) is 6.54 Å². The van der Waals surface area contributed by atoms with E-state index in [2.05, 4.69) is 24.0 Å². The lowest BCUT2D eigenvalue weighted by atomic mass is 9.60. The Morgan fingerprint density at radius 3 is 2.61 bits per heavy atom. The molecule has 1 unspecified atom stereocenters. The average Bonchev–Trinajstić information content (AvgIpc) is 2.61. The highest BCUT2D eigenvalue weighted by Gasteiger charge is 2.60. The molecule has 0 aromatic heterocycles. The van der Waals surface area contributed by atoms with Crippen LogP contribution in [-0.4, -0.2) is 29.8 Å². The van der Waals surface area contributed by atoms with E-state index < -0.39 is 0 Å². The highest BCUT2D eigenvalue weighted by Crippen LogP contribution is 2.57. The second-order valence-electron chi connectivity index (χ2n) is 6.56. The predicted molar refractivity (Wildman–Crippen MR) is 89.6 cm³/mol. The Bertz CT molecular complexity index is 591. The summed E-state index contributed by atoms with van der Waals surface area (Å²) in [6, 6.07) is 10.2. The second-order valence-corrected chi connectivity index (χ2v) is 6.56.